The van der Waals surface area contributed by atoms with Crippen molar-refractivity contribution in [1.29, 1.82) is 0 Å². The summed E-state index contributed by atoms with van der Waals surface area (Å²) < 4.78 is 0. The summed E-state index contributed by atoms with van der Waals surface area (Å²) in [6.07, 6.45) is 5.90. The van der Waals surface area contributed by atoms with Crippen molar-refractivity contribution in [3.05, 3.63) is 23.5 Å². The first-order chi connectivity index (χ1) is 8.09. The van der Waals surface area contributed by atoms with Crippen LogP contribution in [0, 0.1) is 0 Å². The number of nitrogens with zero attached hydrogens (tertiary/aromatic N) is 1. The van der Waals surface area contributed by atoms with E-state index in [0.29, 0.717) is 11.4 Å². The molecule has 0 saturated carbocycles. The molecule has 92 valence electrons. The van der Waals surface area contributed by atoms with E-state index in [2.05, 4.69) is 27.7 Å². The zero-order chi connectivity index (χ0) is 12.4. The minimum absolute atomic E-state index is 0.182. The number of carbonyl (C=O) groups excluding carboxylic acids is 1. The number of H-pyrrole nitrogens is 1. The molecule has 1 aliphatic carbocycles. The van der Waals surface area contributed by atoms with Crippen LogP contribution in [0.25, 0.3) is 0 Å². The molecule has 1 aromatic heterocycles. The lowest BCUT2D eigenvalue weighted by Crippen LogP contribution is -2.33. The number of hydrogen-bond donors (Lipinski definition) is 3. The van der Waals surface area contributed by atoms with Crippen LogP contribution in [0.5, 0.6) is 0 Å². The third-order valence-corrected chi connectivity index (χ3v) is 2.97. The molecule has 1 heterocycles. The minimum atomic E-state index is -0.195. The van der Waals surface area contributed by atoms with Crippen molar-refractivity contribution in [2.45, 2.75) is 38.6 Å². The maximum Gasteiger partial charge on any atom is 0.274 e. The van der Waals surface area contributed by atoms with Crippen LogP contribution in [-0.4, -0.2) is 22.1 Å². The molecular formula is C12H18N4O. The van der Waals surface area contributed by atoms with Crippen molar-refractivity contribution in [2.75, 3.05) is 5.73 Å². The fourth-order valence-electron chi connectivity index (χ4n) is 1.97. The van der Waals surface area contributed by atoms with Gasteiger partial charge in [0.25, 0.3) is 5.91 Å². The second kappa shape index (κ2) is 4.61. The summed E-state index contributed by atoms with van der Waals surface area (Å²) in [5.41, 5.74) is 7.50. The molecule has 0 spiro atoms. The Kier molecular flexibility index (Phi) is 3.17. The van der Waals surface area contributed by atoms with Gasteiger partial charge in [-0.15, -0.1) is 0 Å². The Morgan fingerprint density at radius 2 is 2.18 bits per heavy atom. The number of hydrogen-bond acceptors (Lipinski definition) is 3. The van der Waals surface area contributed by atoms with Gasteiger partial charge in [0.2, 0.25) is 0 Å². The monoisotopic (exact) mass is 234 g/mol. The number of nitrogen functional groups attached to an aromatic ring is 1. The number of aromatic nitrogens is 2. The van der Waals surface area contributed by atoms with Crippen LogP contribution in [0.2, 0.25) is 0 Å². The Morgan fingerprint density at radius 3 is 2.71 bits per heavy atom. The van der Waals surface area contributed by atoms with Crippen LogP contribution in [0.4, 0.5) is 5.69 Å². The quantitative estimate of drug-likeness (QED) is 0.694. The van der Waals surface area contributed by atoms with Gasteiger partial charge in [-0.1, -0.05) is 26.0 Å². The predicted molar refractivity (Wildman–Crippen MR) is 66.7 cm³/mol. The smallest absolute Gasteiger partial charge is 0.274 e. The molecule has 1 aliphatic rings. The van der Waals surface area contributed by atoms with Gasteiger partial charge < -0.3 is 11.1 Å². The van der Waals surface area contributed by atoms with Gasteiger partial charge in [0, 0.05) is 6.04 Å². The molecule has 17 heavy (non-hydrogen) atoms. The maximum atomic E-state index is 12.0. The zero-order valence-electron chi connectivity index (χ0n) is 10.2. The zero-order valence-corrected chi connectivity index (χ0v) is 10.2. The minimum Gasteiger partial charge on any atom is -0.395 e. The first-order valence-electron chi connectivity index (χ1n) is 5.89. The van der Waals surface area contributed by atoms with Crippen molar-refractivity contribution < 1.29 is 4.79 Å². The summed E-state index contributed by atoms with van der Waals surface area (Å²) in [7, 11) is 0. The topological polar surface area (TPSA) is 83.8 Å². The Hall–Kier alpha value is -1.78. The van der Waals surface area contributed by atoms with E-state index in [1.54, 1.807) is 0 Å². The van der Waals surface area contributed by atoms with Gasteiger partial charge in [-0.25, -0.2) is 0 Å². The largest absolute Gasteiger partial charge is 0.395 e. The van der Waals surface area contributed by atoms with Crippen LogP contribution in [0.3, 0.4) is 0 Å². The first kappa shape index (κ1) is 11.7. The van der Waals surface area contributed by atoms with E-state index in [1.165, 1.54) is 0 Å². The molecule has 4 N–H and O–H groups in total. The molecule has 2 rings (SSSR count). The molecule has 1 aromatic rings. The number of amides is 1. The number of carbonyl (C=O) groups is 1. The molecule has 0 aliphatic heterocycles. The summed E-state index contributed by atoms with van der Waals surface area (Å²) in [4.78, 5) is 12.0. The van der Waals surface area contributed by atoms with E-state index in [0.717, 1.165) is 18.5 Å². The van der Waals surface area contributed by atoms with E-state index < -0.39 is 0 Å². The third kappa shape index (κ3) is 2.33. The Morgan fingerprint density at radius 1 is 1.53 bits per heavy atom. The molecule has 0 atom stereocenters. The molecule has 0 fully saturated rings. The van der Waals surface area contributed by atoms with Crippen molar-refractivity contribution >= 4 is 11.6 Å². The molecule has 0 unspecified atom stereocenters. The molecule has 0 bridgehead atoms. The predicted octanol–water partition coefficient (Wildman–Crippen LogP) is 1.56. The van der Waals surface area contributed by atoms with E-state index >= 15 is 0 Å². The second-order valence-electron chi connectivity index (χ2n) is 4.67. The van der Waals surface area contributed by atoms with Gasteiger partial charge in [0.15, 0.2) is 5.69 Å². The molecular weight excluding hydrogens is 216 g/mol. The van der Waals surface area contributed by atoms with Crippen LogP contribution in [0.15, 0.2) is 12.2 Å². The normalized spacial score (nSPS) is 15.7. The van der Waals surface area contributed by atoms with Gasteiger partial charge >= 0.3 is 0 Å². The molecule has 5 heteroatoms. The van der Waals surface area contributed by atoms with Gasteiger partial charge in [-0.2, -0.15) is 5.10 Å². The Bertz CT molecular complexity index is 439. The van der Waals surface area contributed by atoms with Crippen molar-refractivity contribution in [3.63, 3.8) is 0 Å². The highest BCUT2D eigenvalue weighted by Gasteiger charge is 2.21. The van der Waals surface area contributed by atoms with Crippen LogP contribution >= 0.6 is 0 Å². The third-order valence-electron chi connectivity index (χ3n) is 2.97. The fraction of sp³-hybridized carbons (Fsp3) is 0.500. The van der Waals surface area contributed by atoms with Gasteiger partial charge in [-0.05, 0) is 18.8 Å². The van der Waals surface area contributed by atoms with E-state index in [1.807, 2.05) is 13.8 Å². The van der Waals surface area contributed by atoms with E-state index in [-0.39, 0.29) is 17.9 Å². The lowest BCUT2D eigenvalue weighted by atomic mass is 10.1. The molecule has 0 aromatic carbocycles. The summed E-state index contributed by atoms with van der Waals surface area (Å²) in [5, 5.41) is 9.75. The highest BCUT2D eigenvalue weighted by molar-refractivity contribution is 5.97. The fourth-order valence-corrected chi connectivity index (χ4v) is 1.97. The van der Waals surface area contributed by atoms with E-state index in [4.69, 9.17) is 5.73 Å². The summed E-state index contributed by atoms with van der Waals surface area (Å²) >= 11 is 0. The molecule has 0 radical (unpaired) electrons. The summed E-state index contributed by atoms with van der Waals surface area (Å²) in [5.74, 6) is 0.0385. The summed E-state index contributed by atoms with van der Waals surface area (Å²) in [6.45, 7) is 4.01. The number of nitrogens with two attached hydrogens (primary N) is 1. The summed E-state index contributed by atoms with van der Waals surface area (Å²) in [6, 6.07) is 0.182. The van der Waals surface area contributed by atoms with Gasteiger partial charge in [0.1, 0.15) is 0 Å². The highest BCUT2D eigenvalue weighted by atomic mass is 16.2. The van der Waals surface area contributed by atoms with Crippen LogP contribution in [0.1, 0.15) is 48.8 Å². The Balaban J connectivity index is 2.08. The lowest BCUT2D eigenvalue weighted by molar-refractivity contribution is 0.0935. The molecule has 0 saturated heterocycles. The van der Waals surface area contributed by atoms with Crippen LogP contribution < -0.4 is 11.1 Å². The molecule has 5 nitrogen and oxygen atoms in total. The average Bonchev–Trinajstić information content (AvgIpc) is 2.86. The average molecular weight is 234 g/mol. The van der Waals surface area contributed by atoms with Gasteiger partial charge in [0.05, 0.1) is 11.4 Å². The van der Waals surface area contributed by atoms with Crippen molar-refractivity contribution in [2.24, 2.45) is 0 Å². The highest BCUT2D eigenvalue weighted by Crippen LogP contribution is 2.22. The van der Waals surface area contributed by atoms with Crippen molar-refractivity contribution in [3.8, 4) is 0 Å². The van der Waals surface area contributed by atoms with Gasteiger partial charge in [-0.3, -0.25) is 9.89 Å². The number of anilines is 1. The number of nitrogens with one attached hydrogen (secondary N) is 2. The Labute approximate surface area is 100 Å². The lowest BCUT2D eigenvalue weighted by Gasteiger charge is -2.10. The second-order valence-corrected chi connectivity index (χ2v) is 4.67. The SMILES string of the molecule is CC(C)c1[nH]nc(C(=O)NC2CC=CC2)c1N. The standard InChI is InChI=1S/C12H18N4O/c1-7(2)10-9(13)11(16-15-10)12(17)14-8-5-3-4-6-8/h3-4,7-8H,5-6,13H2,1-2H3,(H,14,17)(H,15,16). The van der Waals surface area contributed by atoms with E-state index in [9.17, 15) is 4.79 Å². The molecule has 1 amide bonds. The number of rotatable bonds is 3. The first-order valence-corrected chi connectivity index (χ1v) is 5.89. The maximum absolute atomic E-state index is 12.0. The number of aromatic amines is 1. The van der Waals surface area contributed by atoms with Crippen LogP contribution in [-0.2, 0) is 0 Å². The van der Waals surface area contributed by atoms with Crippen molar-refractivity contribution in [1.82, 2.24) is 15.5 Å².